The lowest BCUT2D eigenvalue weighted by atomic mass is 10.1. The molecule has 0 aliphatic rings. The van der Waals surface area contributed by atoms with Crippen LogP contribution >= 0.6 is 21.6 Å². The SMILES string of the molecule is CCN(CCSSCCN(CC)c1ccc(/C=C(\C)c2ccn(CCO)c2)cc1)c1ccc(/C=C(\C)c2cc[n+](CCO)cc2)cc1. The van der Waals surface area contributed by atoms with Gasteiger partial charge < -0.3 is 24.6 Å². The quantitative estimate of drug-likeness (QED) is 0.0608. The van der Waals surface area contributed by atoms with Gasteiger partial charge in [0.25, 0.3) is 0 Å². The van der Waals surface area contributed by atoms with Gasteiger partial charge in [-0.25, -0.2) is 4.57 Å². The second kappa shape index (κ2) is 19.4. The molecule has 47 heavy (non-hydrogen) atoms. The maximum atomic E-state index is 9.17. The van der Waals surface area contributed by atoms with E-state index in [1.54, 1.807) is 0 Å². The van der Waals surface area contributed by atoms with Gasteiger partial charge in [-0.2, -0.15) is 0 Å². The predicted octanol–water partition coefficient (Wildman–Crippen LogP) is 7.62. The van der Waals surface area contributed by atoms with Crippen LogP contribution in [-0.2, 0) is 13.1 Å². The largest absolute Gasteiger partial charge is 0.395 e. The second-order valence-electron chi connectivity index (χ2n) is 11.6. The highest BCUT2D eigenvalue weighted by molar-refractivity contribution is 8.76. The van der Waals surface area contributed by atoms with E-state index in [9.17, 15) is 0 Å². The van der Waals surface area contributed by atoms with Crippen LogP contribution in [-0.4, -0.2) is 65.7 Å². The highest BCUT2D eigenvalue weighted by Gasteiger charge is 2.08. The Labute approximate surface area is 289 Å². The van der Waals surface area contributed by atoms with Crippen LogP contribution in [0.2, 0.25) is 0 Å². The summed E-state index contributed by atoms with van der Waals surface area (Å²) in [4.78, 5) is 4.90. The molecule has 0 saturated carbocycles. The minimum absolute atomic E-state index is 0.148. The summed E-state index contributed by atoms with van der Waals surface area (Å²) < 4.78 is 4.01. The van der Waals surface area contributed by atoms with E-state index in [-0.39, 0.29) is 13.2 Å². The molecule has 250 valence electrons. The van der Waals surface area contributed by atoms with Crippen molar-refractivity contribution in [3.63, 3.8) is 0 Å². The molecule has 0 fully saturated rings. The van der Waals surface area contributed by atoms with E-state index >= 15 is 0 Å². The standard InChI is InChI=1S/C39H51N4O2S2/c1-5-42(38-11-7-34(8-12-38)29-32(3)36-15-18-40(19-16-36)21-25-44)23-27-46-47-28-24-43(6-2)39-13-9-35(10-14-39)30-33(4)37-17-20-41(31-37)22-26-45/h7-20,29-31,44-45H,5-6,21-28H2,1-4H3/q+1/b33-30+. The molecule has 0 spiro atoms. The molecule has 0 aliphatic heterocycles. The van der Waals surface area contributed by atoms with Crippen molar-refractivity contribution >= 4 is 56.3 Å². The zero-order chi connectivity index (χ0) is 33.4. The van der Waals surface area contributed by atoms with Gasteiger partial charge >= 0.3 is 0 Å². The summed E-state index contributed by atoms with van der Waals surface area (Å²) in [6, 6.07) is 24.1. The molecule has 2 aromatic carbocycles. The van der Waals surface area contributed by atoms with Crippen LogP contribution in [0.1, 0.15) is 49.9 Å². The number of nitrogens with zero attached hydrogens (tertiary/aromatic N) is 4. The summed E-state index contributed by atoms with van der Waals surface area (Å²) in [5, 5.41) is 18.3. The van der Waals surface area contributed by atoms with Crippen molar-refractivity contribution in [1.82, 2.24) is 4.57 Å². The molecule has 4 rings (SSSR count). The first-order chi connectivity index (χ1) is 22.9. The van der Waals surface area contributed by atoms with Crippen molar-refractivity contribution in [3.05, 3.63) is 114 Å². The van der Waals surface area contributed by atoms with Gasteiger partial charge in [0.2, 0.25) is 0 Å². The van der Waals surface area contributed by atoms with E-state index < -0.39 is 0 Å². The first-order valence-corrected chi connectivity index (χ1v) is 19.1. The lowest BCUT2D eigenvalue weighted by Gasteiger charge is -2.24. The number of anilines is 2. The van der Waals surface area contributed by atoms with Gasteiger partial charge in [0, 0.05) is 80.1 Å². The molecule has 2 heterocycles. The molecule has 0 bridgehead atoms. The first-order valence-electron chi connectivity index (χ1n) is 16.6. The van der Waals surface area contributed by atoms with Gasteiger partial charge in [-0.3, -0.25) is 0 Å². The van der Waals surface area contributed by atoms with Gasteiger partial charge in [-0.05, 0) is 91.4 Å². The second-order valence-corrected chi connectivity index (χ2v) is 14.3. The minimum atomic E-state index is 0.148. The molecular weight excluding hydrogens is 621 g/mol. The molecule has 6 nitrogen and oxygen atoms in total. The van der Waals surface area contributed by atoms with Crippen molar-refractivity contribution < 1.29 is 14.8 Å². The van der Waals surface area contributed by atoms with E-state index in [0.717, 1.165) is 37.7 Å². The van der Waals surface area contributed by atoms with Crippen LogP contribution in [0.5, 0.6) is 0 Å². The Morgan fingerprint density at radius 1 is 0.702 bits per heavy atom. The van der Waals surface area contributed by atoms with E-state index in [1.165, 1.54) is 44.8 Å². The van der Waals surface area contributed by atoms with Gasteiger partial charge in [0.15, 0.2) is 18.9 Å². The first kappa shape index (κ1) is 36.4. The van der Waals surface area contributed by atoms with E-state index in [1.807, 2.05) is 49.3 Å². The van der Waals surface area contributed by atoms with E-state index in [0.29, 0.717) is 13.1 Å². The fraction of sp³-hybridized carbons (Fsp3) is 0.359. The summed E-state index contributed by atoms with van der Waals surface area (Å²) in [5.41, 5.74) is 9.74. The van der Waals surface area contributed by atoms with Crippen molar-refractivity contribution in [2.45, 2.75) is 40.8 Å². The third-order valence-electron chi connectivity index (χ3n) is 8.29. The highest BCUT2D eigenvalue weighted by atomic mass is 33.1. The summed E-state index contributed by atoms with van der Waals surface area (Å²) >= 11 is 0. The summed E-state index contributed by atoms with van der Waals surface area (Å²) in [7, 11) is 3.93. The number of pyridine rings is 1. The molecule has 0 aliphatic carbocycles. The number of benzene rings is 2. The summed E-state index contributed by atoms with van der Waals surface area (Å²) in [5.74, 6) is 2.17. The van der Waals surface area contributed by atoms with Crippen LogP contribution in [0.3, 0.4) is 0 Å². The summed E-state index contributed by atoms with van der Waals surface area (Å²) in [6.45, 7) is 14.3. The zero-order valence-corrected chi connectivity index (χ0v) is 30.0. The number of aliphatic hydroxyl groups excluding tert-OH is 2. The molecule has 2 aromatic heterocycles. The van der Waals surface area contributed by atoms with E-state index in [2.05, 4.69) is 123 Å². The van der Waals surface area contributed by atoms with Crippen LogP contribution in [0.4, 0.5) is 11.4 Å². The van der Waals surface area contributed by atoms with Crippen LogP contribution < -0.4 is 14.4 Å². The topological polar surface area (TPSA) is 55.8 Å². The Kier molecular flexibility index (Phi) is 15.0. The Bertz CT molecular complexity index is 1550. The van der Waals surface area contributed by atoms with Gasteiger partial charge in [-0.15, -0.1) is 0 Å². The average molecular weight is 672 g/mol. The lowest BCUT2D eigenvalue weighted by molar-refractivity contribution is -0.698. The van der Waals surface area contributed by atoms with Crippen molar-refractivity contribution in [2.24, 2.45) is 0 Å². The van der Waals surface area contributed by atoms with Crippen molar-refractivity contribution in [1.29, 1.82) is 0 Å². The van der Waals surface area contributed by atoms with Gasteiger partial charge in [0.1, 0.15) is 6.61 Å². The van der Waals surface area contributed by atoms with E-state index in [4.69, 9.17) is 10.2 Å². The van der Waals surface area contributed by atoms with Crippen LogP contribution in [0.15, 0.2) is 91.5 Å². The molecule has 0 atom stereocenters. The molecule has 0 unspecified atom stereocenters. The lowest BCUT2D eigenvalue weighted by Crippen LogP contribution is -2.34. The Morgan fingerprint density at radius 2 is 1.21 bits per heavy atom. The van der Waals surface area contributed by atoms with Gasteiger partial charge in [-0.1, -0.05) is 58.0 Å². The third kappa shape index (κ3) is 11.4. The summed E-state index contributed by atoms with van der Waals surface area (Å²) in [6.07, 6.45) is 12.6. The number of allylic oxidation sites excluding steroid dienone is 2. The normalized spacial score (nSPS) is 12.0. The monoisotopic (exact) mass is 671 g/mol. The molecule has 0 amide bonds. The maximum Gasteiger partial charge on any atom is 0.171 e. The molecule has 2 N–H and O–H groups in total. The molecular formula is C39H51N4O2S2+. The maximum absolute atomic E-state index is 9.17. The minimum Gasteiger partial charge on any atom is -0.395 e. The predicted molar refractivity (Wildman–Crippen MR) is 206 cm³/mol. The fourth-order valence-electron chi connectivity index (χ4n) is 5.50. The fourth-order valence-corrected chi connectivity index (χ4v) is 7.47. The molecule has 8 heteroatoms. The smallest absolute Gasteiger partial charge is 0.171 e. The van der Waals surface area contributed by atoms with Gasteiger partial charge in [0.05, 0.1) is 6.61 Å². The average Bonchev–Trinajstić information content (AvgIpc) is 3.57. The Hall–Kier alpha value is -3.43. The van der Waals surface area contributed by atoms with Crippen LogP contribution in [0, 0.1) is 0 Å². The number of hydrogen-bond donors (Lipinski definition) is 2. The number of hydrogen-bond acceptors (Lipinski definition) is 6. The molecule has 0 saturated heterocycles. The number of aliphatic hydroxyl groups is 2. The number of aromatic nitrogens is 2. The highest BCUT2D eigenvalue weighted by Crippen LogP contribution is 2.26. The number of rotatable bonds is 19. The Morgan fingerprint density at radius 3 is 1.68 bits per heavy atom. The van der Waals surface area contributed by atoms with Crippen molar-refractivity contribution in [3.8, 4) is 0 Å². The van der Waals surface area contributed by atoms with Crippen LogP contribution in [0.25, 0.3) is 23.3 Å². The van der Waals surface area contributed by atoms with Crippen molar-refractivity contribution in [2.75, 3.05) is 60.7 Å². The third-order valence-corrected chi connectivity index (χ3v) is 10.7. The molecule has 4 aromatic rings. The Balaban J connectivity index is 1.19. The molecule has 0 radical (unpaired) electrons. The zero-order valence-electron chi connectivity index (χ0n) is 28.4.